The number of likely N-dealkylation sites (N-methyl/N-ethyl adjacent to an activating group) is 1. The van der Waals surface area contributed by atoms with Crippen LogP contribution in [0, 0.1) is 5.92 Å². The summed E-state index contributed by atoms with van der Waals surface area (Å²) >= 11 is 0. The van der Waals surface area contributed by atoms with Crippen LogP contribution in [0.1, 0.15) is 63.5 Å². The van der Waals surface area contributed by atoms with E-state index < -0.39 is 21.9 Å². The van der Waals surface area contributed by atoms with E-state index >= 15 is 0 Å². The molecule has 0 bridgehead atoms. The molecule has 0 aromatic heterocycles. The van der Waals surface area contributed by atoms with Gasteiger partial charge < -0.3 is 15.5 Å². The van der Waals surface area contributed by atoms with Crippen molar-refractivity contribution < 1.29 is 18.0 Å². The van der Waals surface area contributed by atoms with E-state index in [-0.39, 0.29) is 33.6 Å². The molecule has 4 rings (SSSR count). The number of nitrogens with zero attached hydrogens (tertiary/aromatic N) is 1. The minimum Gasteiger partial charge on any atom is -0.343 e. The second kappa shape index (κ2) is 11.6. The molecule has 2 aromatic carbocycles. The first-order valence-corrected chi connectivity index (χ1v) is 14.5. The van der Waals surface area contributed by atoms with E-state index in [1.807, 2.05) is 11.0 Å². The molecule has 1 saturated heterocycles. The van der Waals surface area contributed by atoms with E-state index in [1.54, 1.807) is 62.5 Å². The molecule has 2 aliphatic rings. The Kier molecular flexibility index (Phi) is 8.46. The van der Waals surface area contributed by atoms with Gasteiger partial charge >= 0.3 is 0 Å². The Bertz CT molecular complexity index is 1160. The third-order valence-electron chi connectivity index (χ3n) is 7.65. The molecule has 2 aromatic rings. The second-order valence-corrected chi connectivity index (χ2v) is 11.9. The van der Waals surface area contributed by atoms with Crippen molar-refractivity contribution in [1.29, 1.82) is 0 Å². The van der Waals surface area contributed by atoms with Crippen LogP contribution in [0.3, 0.4) is 0 Å². The standard InChI is InChI=1S/C28H37N3O4S/c1-20(29-2)27(32)30-26(21-11-5-3-6-12-21)28(33)31-18-10-17-25(31)22-13-9-16-24(19-22)36(34,35)23-14-7-4-8-15-23/h4,7-9,13-16,19-21,25-26,29H,3,5-6,10-12,17-18H2,1-2H3,(H,30,32)/t20?,25-,26?/m1/s1. The minimum atomic E-state index is -3.66. The van der Waals surface area contributed by atoms with Crippen molar-refractivity contribution in [3.63, 3.8) is 0 Å². The third kappa shape index (κ3) is 5.65. The lowest BCUT2D eigenvalue weighted by Crippen LogP contribution is -2.55. The molecule has 2 unspecified atom stereocenters. The Labute approximate surface area is 214 Å². The lowest BCUT2D eigenvalue weighted by Gasteiger charge is -2.35. The van der Waals surface area contributed by atoms with Crippen molar-refractivity contribution in [2.75, 3.05) is 13.6 Å². The van der Waals surface area contributed by atoms with Crippen LogP contribution in [0.5, 0.6) is 0 Å². The molecule has 1 aliphatic carbocycles. The van der Waals surface area contributed by atoms with Crippen LogP contribution < -0.4 is 10.6 Å². The summed E-state index contributed by atoms with van der Waals surface area (Å²) < 4.78 is 26.4. The molecule has 8 heteroatoms. The average Bonchev–Trinajstić information content (AvgIpc) is 3.42. The zero-order valence-electron chi connectivity index (χ0n) is 21.2. The summed E-state index contributed by atoms with van der Waals surface area (Å²) in [6.45, 7) is 2.38. The smallest absolute Gasteiger partial charge is 0.245 e. The number of rotatable bonds is 8. The van der Waals surface area contributed by atoms with Crippen LogP contribution >= 0.6 is 0 Å². The molecule has 1 heterocycles. The largest absolute Gasteiger partial charge is 0.343 e. The molecule has 194 valence electrons. The van der Waals surface area contributed by atoms with E-state index in [0.717, 1.165) is 50.5 Å². The Balaban J connectivity index is 1.60. The maximum absolute atomic E-state index is 14.0. The Morgan fingerprint density at radius 1 is 0.917 bits per heavy atom. The number of hydrogen-bond acceptors (Lipinski definition) is 5. The van der Waals surface area contributed by atoms with Gasteiger partial charge in [0, 0.05) is 6.54 Å². The molecule has 2 fully saturated rings. The van der Waals surface area contributed by atoms with E-state index in [0.29, 0.717) is 6.54 Å². The minimum absolute atomic E-state index is 0.0580. The summed E-state index contributed by atoms with van der Waals surface area (Å²) in [5, 5.41) is 6.01. The summed E-state index contributed by atoms with van der Waals surface area (Å²) in [7, 11) is -1.93. The highest BCUT2D eigenvalue weighted by molar-refractivity contribution is 7.91. The van der Waals surface area contributed by atoms with Crippen molar-refractivity contribution in [3.05, 3.63) is 60.2 Å². The SMILES string of the molecule is CNC(C)C(=O)NC(C(=O)N1CCC[C@@H]1c1cccc(S(=O)(=O)c2ccccc2)c1)C1CCCCC1. The molecule has 0 spiro atoms. The second-order valence-electron chi connectivity index (χ2n) is 9.97. The molecule has 2 amide bonds. The molecule has 36 heavy (non-hydrogen) atoms. The fraction of sp³-hybridized carbons (Fsp3) is 0.500. The van der Waals surface area contributed by atoms with E-state index in [4.69, 9.17) is 0 Å². The highest BCUT2D eigenvalue weighted by Crippen LogP contribution is 2.36. The van der Waals surface area contributed by atoms with Gasteiger partial charge in [0.15, 0.2) is 0 Å². The van der Waals surface area contributed by atoms with Gasteiger partial charge in [-0.25, -0.2) is 8.42 Å². The maximum atomic E-state index is 14.0. The lowest BCUT2D eigenvalue weighted by molar-refractivity contribution is -0.139. The van der Waals surface area contributed by atoms with Crippen LogP contribution in [0.25, 0.3) is 0 Å². The predicted molar refractivity (Wildman–Crippen MR) is 139 cm³/mol. The van der Waals surface area contributed by atoms with Gasteiger partial charge in [-0.15, -0.1) is 0 Å². The van der Waals surface area contributed by atoms with E-state index in [9.17, 15) is 18.0 Å². The number of amides is 2. The number of benzene rings is 2. The fourth-order valence-corrected chi connectivity index (χ4v) is 6.78. The van der Waals surface area contributed by atoms with Gasteiger partial charge in [0.2, 0.25) is 21.7 Å². The van der Waals surface area contributed by atoms with Crippen molar-refractivity contribution >= 4 is 21.7 Å². The Hall–Kier alpha value is -2.71. The molecule has 1 aliphatic heterocycles. The summed E-state index contributed by atoms with van der Waals surface area (Å²) in [5.41, 5.74) is 0.815. The highest BCUT2D eigenvalue weighted by atomic mass is 32.2. The zero-order chi connectivity index (χ0) is 25.7. The quantitative estimate of drug-likeness (QED) is 0.561. The van der Waals surface area contributed by atoms with E-state index in [2.05, 4.69) is 10.6 Å². The number of sulfone groups is 1. The first-order chi connectivity index (χ1) is 17.3. The average molecular weight is 512 g/mol. The first-order valence-electron chi connectivity index (χ1n) is 13.0. The van der Waals surface area contributed by atoms with Gasteiger partial charge in [0.05, 0.1) is 21.9 Å². The lowest BCUT2D eigenvalue weighted by atomic mass is 9.83. The summed E-state index contributed by atoms with van der Waals surface area (Å²) in [6.07, 6.45) is 6.74. The van der Waals surface area contributed by atoms with Crippen molar-refractivity contribution in [1.82, 2.24) is 15.5 Å². The molecule has 0 radical (unpaired) electrons. The molecule has 1 saturated carbocycles. The van der Waals surface area contributed by atoms with Gasteiger partial charge in [-0.2, -0.15) is 0 Å². The topological polar surface area (TPSA) is 95.6 Å². The van der Waals surface area contributed by atoms with Gasteiger partial charge in [-0.05, 0) is 75.4 Å². The summed E-state index contributed by atoms with van der Waals surface area (Å²) in [6, 6.07) is 14.2. The number of nitrogens with one attached hydrogen (secondary N) is 2. The van der Waals surface area contributed by atoms with Crippen LogP contribution in [0.2, 0.25) is 0 Å². The molecule has 2 N–H and O–H groups in total. The Morgan fingerprint density at radius 3 is 2.31 bits per heavy atom. The fourth-order valence-electron chi connectivity index (χ4n) is 5.44. The molecular weight excluding hydrogens is 474 g/mol. The van der Waals surface area contributed by atoms with Crippen molar-refractivity contribution in [2.24, 2.45) is 5.92 Å². The van der Waals surface area contributed by atoms with Gasteiger partial charge in [-0.1, -0.05) is 49.6 Å². The number of carbonyl (C=O) groups is 2. The monoisotopic (exact) mass is 511 g/mol. The van der Waals surface area contributed by atoms with Gasteiger partial charge in [0.25, 0.3) is 0 Å². The van der Waals surface area contributed by atoms with Crippen molar-refractivity contribution in [2.45, 2.75) is 79.8 Å². The van der Waals surface area contributed by atoms with Gasteiger partial charge in [0.1, 0.15) is 6.04 Å². The van der Waals surface area contributed by atoms with Crippen LogP contribution in [0.4, 0.5) is 0 Å². The normalized spacial score (nSPS) is 20.6. The molecule has 3 atom stereocenters. The summed E-state index contributed by atoms with van der Waals surface area (Å²) in [4.78, 5) is 29.1. The van der Waals surface area contributed by atoms with Crippen molar-refractivity contribution in [3.8, 4) is 0 Å². The molecular formula is C28H37N3O4S. The number of likely N-dealkylation sites (tertiary alicyclic amines) is 1. The van der Waals surface area contributed by atoms with Crippen LogP contribution in [-0.2, 0) is 19.4 Å². The number of carbonyl (C=O) groups excluding carboxylic acids is 2. The predicted octanol–water partition coefficient (Wildman–Crippen LogP) is 3.86. The third-order valence-corrected chi connectivity index (χ3v) is 9.42. The molecule has 7 nitrogen and oxygen atoms in total. The highest BCUT2D eigenvalue weighted by Gasteiger charge is 2.39. The maximum Gasteiger partial charge on any atom is 0.245 e. The first kappa shape index (κ1) is 26.4. The van der Waals surface area contributed by atoms with Crippen LogP contribution in [-0.4, -0.2) is 50.8 Å². The van der Waals surface area contributed by atoms with E-state index in [1.165, 1.54) is 0 Å². The van der Waals surface area contributed by atoms with Gasteiger partial charge in [-0.3, -0.25) is 9.59 Å². The number of hydrogen-bond donors (Lipinski definition) is 2. The Morgan fingerprint density at radius 2 is 1.61 bits per heavy atom. The zero-order valence-corrected chi connectivity index (χ0v) is 22.0. The summed E-state index contributed by atoms with van der Waals surface area (Å²) in [5.74, 6) is -0.115. The van der Waals surface area contributed by atoms with Crippen LogP contribution in [0.15, 0.2) is 64.4 Å².